The summed E-state index contributed by atoms with van der Waals surface area (Å²) in [4.78, 5) is 0. The van der Waals surface area contributed by atoms with Crippen molar-refractivity contribution in [2.75, 3.05) is 0 Å². The Hall–Kier alpha value is -1.05. The number of hydrogen-bond acceptors (Lipinski definition) is 5. The number of hydrogen-bond donors (Lipinski definition) is 1. The fraction of sp³-hybridized carbons (Fsp3) is 1.00. The molecule has 0 aromatic heterocycles. The van der Waals surface area contributed by atoms with Crippen molar-refractivity contribution in [3.8, 4) is 0 Å². The van der Waals surface area contributed by atoms with E-state index in [1.807, 2.05) is 0 Å². The fourth-order valence-corrected chi connectivity index (χ4v) is 3.88. The quantitative estimate of drug-likeness (QED) is 0.163. The van der Waals surface area contributed by atoms with E-state index in [1.165, 1.54) is 0 Å². The molecule has 0 bridgehead atoms. The zero-order valence-electron chi connectivity index (χ0n) is 17.3. The monoisotopic (exact) mass is 685 g/mol. The van der Waals surface area contributed by atoms with Crippen LogP contribution in [0.2, 0.25) is 0 Å². The molecule has 0 aromatic carbocycles. The van der Waals surface area contributed by atoms with Gasteiger partial charge in [-0.25, -0.2) is 16.8 Å². The third-order valence-corrected chi connectivity index (χ3v) is 6.64. The molecule has 0 fully saturated rings. The molecule has 0 spiro atoms. The molecule has 0 aliphatic rings. The van der Waals surface area contributed by atoms with Crippen LogP contribution in [0.4, 0.5) is 92.2 Å². The Kier molecular flexibility index (Phi) is 10.3. The van der Waals surface area contributed by atoms with Crippen molar-refractivity contribution >= 4 is 20.1 Å². The number of halogens is 21. The van der Waals surface area contributed by atoms with Gasteiger partial charge in [-0.15, -0.1) is 0 Å². The van der Waals surface area contributed by atoms with E-state index in [0.717, 1.165) is 0 Å². The van der Waals surface area contributed by atoms with Crippen LogP contribution in [0.5, 0.6) is 0 Å². The standard InChI is InChI=1S/C10H2F21NO5S2.Li/c11-1(12,3(15,16)5(19,20)7(23,24)25)2(13,14)4(17,18)6(21,22)9(29,30)38(33,34)32-10(31,8(26,27)28)39(35,36)37;/h32H,(H,35,36,37);/q;+1/p-1. The van der Waals surface area contributed by atoms with E-state index in [4.69, 9.17) is 0 Å². The summed E-state index contributed by atoms with van der Waals surface area (Å²) in [7, 11) is -17.3. The molecule has 40 heavy (non-hydrogen) atoms. The van der Waals surface area contributed by atoms with Gasteiger partial charge < -0.3 is 4.55 Å². The van der Waals surface area contributed by atoms with E-state index < -0.39 is 83.1 Å². The van der Waals surface area contributed by atoms with Crippen LogP contribution in [0.15, 0.2) is 0 Å². The molecule has 0 saturated carbocycles. The van der Waals surface area contributed by atoms with Gasteiger partial charge >= 0.3 is 77.1 Å². The molecule has 1 N–H and O–H groups in total. The summed E-state index contributed by atoms with van der Waals surface area (Å²) >= 11 is 0. The number of sulfonamides is 1. The van der Waals surface area contributed by atoms with Crippen LogP contribution in [0.1, 0.15) is 0 Å². The van der Waals surface area contributed by atoms with E-state index in [0.29, 0.717) is 0 Å². The van der Waals surface area contributed by atoms with E-state index in [2.05, 4.69) is 0 Å². The van der Waals surface area contributed by atoms with Gasteiger partial charge in [0.25, 0.3) is 10.0 Å². The van der Waals surface area contributed by atoms with Gasteiger partial charge in [0.2, 0.25) is 0 Å². The summed E-state index contributed by atoms with van der Waals surface area (Å²) < 4.78 is 324. The molecule has 0 radical (unpaired) electrons. The van der Waals surface area contributed by atoms with Crippen LogP contribution in [0.25, 0.3) is 0 Å². The first-order chi connectivity index (χ1) is 16.2. The number of alkyl halides is 21. The first kappa shape index (κ1) is 41.1. The minimum absolute atomic E-state index is 0. The minimum atomic E-state index is -9.36. The van der Waals surface area contributed by atoms with Crippen molar-refractivity contribution in [1.29, 1.82) is 0 Å². The summed E-state index contributed by atoms with van der Waals surface area (Å²) in [5, 5.41) is -16.2. The Morgan fingerprint density at radius 3 is 0.900 bits per heavy atom. The zero-order valence-corrected chi connectivity index (χ0v) is 18.9. The molecule has 6 nitrogen and oxygen atoms in total. The van der Waals surface area contributed by atoms with Crippen LogP contribution >= 0.6 is 0 Å². The molecule has 0 amide bonds. The molecule has 1 atom stereocenters. The largest absolute Gasteiger partial charge is 1.00 e. The molecular weight excluding hydrogens is 684 g/mol. The summed E-state index contributed by atoms with van der Waals surface area (Å²) in [6.45, 7) is 0. The molecule has 0 aromatic rings. The van der Waals surface area contributed by atoms with Crippen molar-refractivity contribution in [3.63, 3.8) is 0 Å². The average Bonchev–Trinajstić information content (AvgIpc) is 2.63. The molecule has 0 saturated heterocycles. The Balaban J connectivity index is 0. The van der Waals surface area contributed by atoms with Gasteiger partial charge in [0.05, 0.1) is 0 Å². The van der Waals surface area contributed by atoms with Crippen LogP contribution in [0, 0.1) is 0 Å². The second-order valence-corrected chi connectivity index (χ2v) is 9.81. The van der Waals surface area contributed by atoms with Gasteiger partial charge in [-0.3, -0.25) is 0 Å². The molecule has 0 heterocycles. The maximum absolute atomic E-state index is 13.6. The van der Waals surface area contributed by atoms with E-state index in [9.17, 15) is 114 Å². The van der Waals surface area contributed by atoms with Crippen molar-refractivity contribution in [1.82, 2.24) is 4.72 Å². The molecule has 1 unspecified atom stereocenters. The van der Waals surface area contributed by atoms with Gasteiger partial charge in [-0.05, 0) is 0 Å². The Labute approximate surface area is 216 Å². The van der Waals surface area contributed by atoms with E-state index in [-0.39, 0.29) is 18.9 Å². The van der Waals surface area contributed by atoms with Crippen LogP contribution < -0.4 is 23.6 Å². The van der Waals surface area contributed by atoms with Gasteiger partial charge in [-0.2, -0.15) is 96.9 Å². The Bertz CT molecular complexity index is 1160. The number of rotatable bonds is 10. The van der Waals surface area contributed by atoms with Crippen molar-refractivity contribution < 1.29 is 132 Å². The van der Waals surface area contributed by atoms with Crippen LogP contribution in [0.3, 0.4) is 0 Å². The topological polar surface area (TPSA) is 103 Å². The molecule has 0 aliphatic carbocycles. The predicted octanol–water partition coefficient (Wildman–Crippen LogP) is 1.61. The summed E-state index contributed by atoms with van der Waals surface area (Å²) in [5.74, 6) is -54.7. The van der Waals surface area contributed by atoms with E-state index in [1.54, 1.807) is 0 Å². The second kappa shape index (κ2) is 10.0. The summed E-state index contributed by atoms with van der Waals surface area (Å²) in [6.07, 6.45) is -15.8. The van der Waals surface area contributed by atoms with Gasteiger partial charge in [0.1, 0.15) is 0 Å². The maximum Gasteiger partial charge on any atom is 1.00 e. The molecule has 0 rings (SSSR count). The Morgan fingerprint density at radius 2 is 0.675 bits per heavy atom. The summed E-state index contributed by atoms with van der Waals surface area (Å²) in [5.41, 5.74) is 0. The Morgan fingerprint density at radius 1 is 0.425 bits per heavy atom. The average molecular weight is 685 g/mol. The van der Waals surface area contributed by atoms with Gasteiger partial charge in [-0.1, -0.05) is 0 Å². The normalized spacial score (nSPS) is 17.8. The smallest absolute Gasteiger partial charge is 0.744 e. The van der Waals surface area contributed by atoms with Crippen LogP contribution in [-0.4, -0.2) is 79.7 Å². The number of nitrogens with one attached hydrogen (secondary N) is 1. The third kappa shape index (κ3) is 5.30. The fourth-order valence-electron chi connectivity index (χ4n) is 1.81. The van der Waals surface area contributed by atoms with Gasteiger partial charge in [0, 0.05) is 0 Å². The summed E-state index contributed by atoms with van der Waals surface area (Å²) in [6, 6.07) is 0. The molecule has 30 heteroatoms. The molecule has 236 valence electrons. The van der Waals surface area contributed by atoms with Crippen LogP contribution in [-0.2, 0) is 20.1 Å². The van der Waals surface area contributed by atoms with Gasteiger partial charge in [0.15, 0.2) is 10.1 Å². The first-order valence-electron chi connectivity index (χ1n) is 7.66. The van der Waals surface area contributed by atoms with E-state index >= 15 is 0 Å². The third-order valence-electron chi connectivity index (χ3n) is 4.01. The molecule has 0 aliphatic heterocycles. The maximum atomic E-state index is 13.6. The van der Waals surface area contributed by atoms with Crippen molar-refractivity contribution in [3.05, 3.63) is 0 Å². The van der Waals surface area contributed by atoms with Crippen molar-refractivity contribution in [2.45, 2.75) is 58.3 Å². The first-order valence-corrected chi connectivity index (χ1v) is 10.6. The predicted molar refractivity (Wildman–Crippen MR) is 72.3 cm³/mol. The zero-order chi connectivity index (χ0) is 32.7. The minimum Gasteiger partial charge on any atom is -0.744 e. The molecular formula is C10HF21LiNO5S2. The van der Waals surface area contributed by atoms with Crippen molar-refractivity contribution in [2.24, 2.45) is 0 Å². The SMILES string of the molecule is O=S(=O)([O-])C(F)(NS(=O)(=O)C(F)(F)C(F)(F)C(F)(F)C(F)(F)C(F)(F)C(F)(F)C(F)(F)C(F)(F)F)C(F)(F)F.[Li+]. The second-order valence-electron chi connectivity index (χ2n) is 6.61.